The maximum Gasteiger partial charge on any atom is 0.246 e. The molecular weight excluding hydrogens is 376 g/mol. The van der Waals surface area contributed by atoms with Gasteiger partial charge in [-0.25, -0.2) is 0 Å². The molecule has 2 aromatic carbocycles. The maximum absolute atomic E-state index is 12.2. The number of nitrogens with zero attached hydrogens (tertiary/aromatic N) is 1. The van der Waals surface area contributed by atoms with E-state index >= 15 is 0 Å². The molecule has 1 saturated heterocycles. The number of carbonyl (C=O) groups excluding carboxylic acids is 1. The molecule has 2 aromatic rings. The molecule has 0 unspecified atom stereocenters. The van der Waals surface area contributed by atoms with Gasteiger partial charge in [-0.05, 0) is 49.6 Å². The standard InChI is InChI=1S/C22H27ClN2O3/c23-19-8-9-21(26)18(13-19)14-25-11-4-7-20(15-25)24-22(27)16-28-12-10-17-5-2-1-3-6-17/h1-3,5-6,8-9,13,20,26H,4,7,10-12,14-16H2,(H,24,27)/t20-/m1/s1. The third kappa shape index (κ3) is 6.51. The average Bonchev–Trinajstić information content (AvgIpc) is 2.69. The number of halogens is 1. The summed E-state index contributed by atoms with van der Waals surface area (Å²) in [5, 5.41) is 13.7. The highest BCUT2D eigenvalue weighted by Crippen LogP contribution is 2.24. The van der Waals surface area contributed by atoms with Crippen LogP contribution in [0.1, 0.15) is 24.0 Å². The zero-order valence-corrected chi connectivity index (χ0v) is 16.7. The highest BCUT2D eigenvalue weighted by atomic mass is 35.5. The van der Waals surface area contributed by atoms with Crippen LogP contribution in [0.4, 0.5) is 0 Å². The molecule has 2 N–H and O–H groups in total. The first-order valence-electron chi connectivity index (χ1n) is 9.71. The number of nitrogens with one attached hydrogen (secondary N) is 1. The van der Waals surface area contributed by atoms with Crippen molar-refractivity contribution in [2.24, 2.45) is 0 Å². The lowest BCUT2D eigenvalue weighted by atomic mass is 10.0. The van der Waals surface area contributed by atoms with E-state index in [2.05, 4.69) is 22.3 Å². The Morgan fingerprint density at radius 1 is 1.25 bits per heavy atom. The van der Waals surface area contributed by atoms with Gasteiger partial charge in [0.25, 0.3) is 0 Å². The lowest BCUT2D eigenvalue weighted by Gasteiger charge is -2.33. The van der Waals surface area contributed by atoms with Gasteiger partial charge in [-0.15, -0.1) is 0 Å². The number of amides is 1. The topological polar surface area (TPSA) is 61.8 Å². The number of ether oxygens (including phenoxy) is 1. The van der Waals surface area contributed by atoms with Gasteiger partial charge in [-0.3, -0.25) is 9.69 Å². The van der Waals surface area contributed by atoms with E-state index in [1.807, 2.05) is 18.2 Å². The molecule has 1 atom stereocenters. The zero-order valence-electron chi connectivity index (χ0n) is 15.9. The Balaban J connectivity index is 1.39. The molecule has 0 aromatic heterocycles. The molecular formula is C22H27ClN2O3. The first-order valence-corrected chi connectivity index (χ1v) is 10.1. The minimum absolute atomic E-state index is 0.0782. The van der Waals surface area contributed by atoms with Crippen LogP contribution in [0.5, 0.6) is 5.75 Å². The summed E-state index contributed by atoms with van der Waals surface area (Å²) in [6, 6.07) is 15.3. The molecule has 0 bridgehead atoms. The largest absolute Gasteiger partial charge is 0.508 e. The molecule has 0 aliphatic carbocycles. The van der Waals surface area contributed by atoms with Crippen molar-refractivity contribution >= 4 is 17.5 Å². The third-order valence-corrected chi connectivity index (χ3v) is 5.15. The molecule has 3 rings (SSSR count). The van der Waals surface area contributed by atoms with E-state index in [0.717, 1.165) is 37.9 Å². The van der Waals surface area contributed by atoms with Gasteiger partial charge in [-0.1, -0.05) is 41.9 Å². The van der Waals surface area contributed by atoms with Crippen LogP contribution in [0.3, 0.4) is 0 Å². The van der Waals surface area contributed by atoms with Gasteiger partial charge in [0.05, 0.1) is 6.61 Å². The van der Waals surface area contributed by atoms with E-state index in [4.69, 9.17) is 16.3 Å². The third-order valence-electron chi connectivity index (χ3n) is 4.92. The Labute approximate surface area is 171 Å². The van der Waals surface area contributed by atoms with Gasteiger partial charge < -0.3 is 15.2 Å². The molecule has 5 nitrogen and oxygen atoms in total. The number of hydrogen-bond donors (Lipinski definition) is 2. The Morgan fingerprint density at radius 3 is 2.89 bits per heavy atom. The van der Waals surface area contributed by atoms with Crippen LogP contribution < -0.4 is 5.32 Å². The Kier molecular flexibility index (Phi) is 7.71. The molecule has 0 spiro atoms. The predicted molar refractivity (Wildman–Crippen MR) is 111 cm³/mol. The maximum atomic E-state index is 12.2. The van der Waals surface area contributed by atoms with Gasteiger partial charge in [0, 0.05) is 29.7 Å². The summed E-state index contributed by atoms with van der Waals surface area (Å²) in [6.45, 7) is 2.92. The Morgan fingerprint density at radius 2 is 2.07 bits per heavy atom. The van der Waals surface area contributed by atoms with E-state index in [1.54, 1.807) is 18.2 Å². The second kappa shape index (κ2) is 10.5. The molecule has 150 valence electrons. The molecule has 1 aliphatic rings. The van der Waals surface area contributed by atoms with Crippen LogP contribution in [0.2, 0.25) is 5.02 Å². The minimum Gasteiger partial charge on any atom is -0.508 e. The first-order chi connectivity index (χ1) is 13.6. The number of piperidine rings is 1. The van der Waals surface area contributed by atoms with Crippen LogP contribution in [0.25, 0.3) is 0 Å². The van der Waals surface area contributed by atoms with Gasteiger partial charge >= 0.3 is 0 Å². The number of aromatic hydroxyl groups is 1. The lowest BCUT2D eigenvalue weighted by Crippen LogP contribution is -2.48. The average molecular weight is 403 g/mol. The number of likely N-dealkylation sites (tertiary alicyclic amines) is 1. The van der Waals surface area contributed by atoms with Gasteiger partial charge in [0.15, 0.2) is 0 Å². The number of benzene rings is 2. The lowest BCUT2D eigenvalue weighted by molar-refractivity contribution is -0.126. The molecule has 1 amide bonds. The van der Waals surface area contributed by atoms with Crippen molar-refractivity contribution < 1.29 is 14.6 Å². The van der Waals surface area contributed by atoms with Crippen LogP contribution >= 0.6 is 11.6 Å². The zero-order chi connectivity index (χ0) is 19.8. The Hall–Kier alpha value is -2.08. The second-order valence-corrected chi connectivity index (χ2v) is 7.64. The molecule has 6 heteroatoms. The van der Waals surface area contributed by atoms with Crippen LogP contribution in [-0.4, -0.2) is 48.3 Å². The SMILES string of the molecule is O=C(COCCc1ccccc1)N[C@@H]1CCCN(Cc2cc(Cl)ccc2O)C1. The summed E-state index contributed by atoms with van der Waals surface area (Å²) in [4.78, 5) is 14.4. The van der Waals surface area contributed by atoms with Crippen LogP contribution in [-0.2, 0) is 22.5 Å². The summed E-state index contributed by atoms with van der Waals surface area (Å²) in [5.74, 6) is 0.174. The Bertz CT molecular complexity index is 770. The summed E-state index contributed by atoms with van der Waals surface area (Å²) >= 11 is 6.03. The highest BCUT2D eigenvalue weighted by molar-refractivity contribution is 6.30. The van der Waals surface area contributed by atoms with Gasteiger partial charge in [-0.2, -0.15) is 0 Å². The monoisotopic (exact) mass is 402 g/mol. The van der Waals surface area contributed by atoms with E-state index < -0.39 is 0 Å². The molecule has 1 aliphatic heterocycles. The number of phenols is 1. The van der Waals surface area contributed by atoms with Crippen LogP contribution in [0.15, 0.2) is 48.5 Å². The van der Waals surface area contributed by atoms with Crippen molar-refractivity contribution in [2.45, 2.75) is 31.8 Å². The van der Waals surface area contributed by atoms with Crippen molar-refractivity contribution in [3.05, 3.63) is 64.7 Å². The predicted octanol–water partition coefficient (Wildman–Crippen LogP) is 3.39. The van der Waals surface area contributed by atoms with E-state index in [9.17, 15) is 9.90 Å². The van der Waals surface area contributed by atoms with Crippen molar-refractivity contribution in [1.29, 1.82) is 0 Å². The van der Waals surface area contributed by atoms with E-state index in [1.165, 1.54) is 5.56 Å². The molecule has 0 radical (unpaired) electrons. The van der Waals surface area contributed by atoms with Crippen LogP contribution in [0, 0.1) is 0 Å². The molecule has 0 saturated carbocycles. The van der Waals surface area contributed by atoms with E-state index in [-0.39, 0.29) is 24.3 Å². The van der Waals surface area contributed by atoms with Gasteiger partial charge in [0.2, 0.25) is 5.91 Å². The smallest absolute Gasteiger partial charge is 0.246 e. The summed E-state index contributed by atoms with van der Waals surface area (Å²) in [5.41, 5.74) is 2.01. The number of phenolic OH excluding ortho intramolecular Hbond substituents is 1. The highest BCUT2D eigenvalue weighted by Gasteiger charge is 2.22. The van der Waals surface area contributed by atoms with E-state index in [0.29, 0.717) is 18.2 Å². The molecule has 28 heavy (non-hydrogen) atoms. The van der Waals surface area contributed by atoms with Crippen molar-refractivity contribution in [1.82, 2.24) is 10.2 Å². The van der Waals surface area contributed by atoms with Crippen molar-refractivity contribution in [3.8, 4) is 5.75 Å². The fourth-order valence-corrected chi connectivity index (χ4v) is 3.70. The first kappa shape index (κ1) is 20.6. The second-order valence-electron chi connectivity index (χ2n) is 7.20. The normalized spacial score (nSPS) is 17.4. The fraction of sp³-hybridized carbons (Fsp3) is 0.409. The number of carbonyl (C=O) groups is 1. The molecule has 1 fully saturated rings. The minimum atomic E-state index is -0.0782. The fourth-order valence-electron chi connectivity index (χ4n) is 3.51. The van der Waals surface area contributed by atoms with Crippen molar-refractivity contribution in [3.63, 3.8) is 0 Å². The number of hydrogen-bond acceptors (Lipinski definition) is 4. The summed E-state index contributed by atoms with van der Waals surface area (Å²) in [6.07, 6.45) is 2.75. The molecule has 1 heterocycles. The summed E-state index contributed by atoms with van der Waals surface area (Å²) < 4.78 is 5.52. The van der Waals surface area contributed by atoms with Crippen molar-refractivity contribution in [2.75, 3.05) is 26.3 Å². The van der Waals surface area contributed by atoms with Gasteiger partial charge in [0.1, 0.15) is 12.4 Å². The number of rotatable bonds is 8. The summed E-state index contributed by atoms with van der Waals surface area (Å²) in [7, 11) is 0. The quantitative estimate of drug-likeness (QED) is 0.664.